The van der Waals surface area contributed by atoms with E-state index >= 15 is 0 Å². The van der Waals surface area contributed by atoms with Crippen molar-refractivity contribution in [2.45, 2.75) is 0 Å². The van der Waals surface area contributed by atoms with Gasteiger partial charge in [0.1, 0.15) is 5.69 Å². The van der Waals surface area contributed by atoms with Gasteiger partial charge in [0.2, 0.25) is 0 Å². The summed E-state index contributed by atoms with van der Waals surface area (Å²) in [6.45, 7) is 0. The van der Waals surface area contributed by atoms with E-state index in [1.807, 2.05) is 42.3 Å². The van der Waals surface area contributed by atoms with Gasteiger partial charge >= 0.3 is 0 Å². The normalized spacial score (nSPS) is 10.4. The lowest BCUT2D eigenvalue weighted by Crippen LogP contribution is -2.16. The summed E-state index contributed by atoms with van der Waals surface area (Å²) in [6.07, 6.45) is 2.79. The van der Waals surface area contributed by atoms with Gasteiger partial charge in [0.15, 0.2) is 17.5 Å². The van der Waals surface area contributed by atoms with Crippen molar-refractivity contribution < 1.29 is 13.6 Å². The SMILES string of the molecule is CN(c1ccccc1)c1cnc(C(=O)Nc2ccc(F)c(F)c2)cn1. The van der Waals surface area contributed by atoms with E-state index in [0.29, 0.717) is 5.82 Å². The van der Waals surface area contributed by atoms with Gasteiger partial charge in [-0.15, -0.1) is 0 Å². The van der Waals surface area contributed by atoms with E-state index in [4.69, 9.17) is 0 Å². The van der Waals surface area contributed by atoms with Gasteiger partial charge in [-0.05, 0) is 24.3 Å². The number of halogens is 2. The van der Waals surface area contributed by atoms with Crippen LogP contribution in [0, 0.1) is 11.6 Å². The fraction of sp³-hybridized carbons (Fsp3) is 0.0556. The molecule has 3 aromatic rings. The fourth-order valence-corrected chi connectivity index (χ4v) is 2.16. The Morgan fingerprint density at radius 1 is 1.00 bits per heavy atom. The third-order valence-corrected chi connectivity index (χ3v) is 3.54. The molecular weight excluding hydrogens is 326 g/mol. The molecule has 0 aliphatic rings. The number of para-hydroxylation sites is 1. The first-order valence-corrected chi connectivity index (χ1v) is 7.42. The summed E-state index contributed by atoms with van der Waals surface area (Å²) in [6, 6.07) is 12.7. The molecule has 0 fully saturated rings. The van der Waals surface area contributed by atoms with Crippen LogP contribution in [0.4, 0.5) is 26.0 Å². The number of carbonyl (C=O) groups excluding carboxylic acids is 1. The predicted octanol–water partition coefficient (Wildman–Crippen LogP) is 3.78. The molecule has 0 aliphatic carbocycles. The Labute approximate surface area is 143 Å². The van der Waals surface area contributed by atoms with Crippen LogP contribution in [0.15, 0.2) is 60.9 Å². The molecule has 5 nitrogen and oxygen atoms in total. The first-order chi connectivity index (χ1) is 12.0. The Morgan fingerprint density at radius 2 is 1.76 bits per heavy atom. The molecule has 0 unspecified atom stereocenters. The fourth-order valence-electron chi connectivity index (χ4n) is 2.16. The van der Waals surface area contributed by atoms with Crippen molar-refractivity contribution >= 4 is 23.1 Å². The number of aromatic nitrogens is 2. The highest BCUT2D eigenvalue weighted by Crippen LogP contribution is 2.20. The summed E-state index contributed by atoms with van der Waals surface area (Å²) in [4.78, 5) is 22.2. The van der Waals surface area contributed by atoms with Crippen LogP contribution in [0.2, 0.25) is 0 Å². The molecular formula is C18H14F2N4O. The quantitative estimate of drug-likeness (QED) is 0.785. The molecule has 1 amide bonds. The number of benzene rings is 2. The smallest absolute Gasteiger partial charge is 0.275 e. The molecule has 1 N–H and O–H groups in total. The van der Waals surface area contributed by atoms with Crippen molar-refractivity contribution in [3.05, 3.63) is 78.3 Å². The van der Waals surface area contributed by atoms with Gasteiger partial charge in [-0.1, -0.05) is 18.2 Å². The lowest BCUT2D eigenvalue weighted by molar-refractivity contribution is 0.102. The third-order valence-electron chi connectivity index (χ3n) is 3.54. The summed E-state index contributed by atoms with van der Waals surface area (Å²) in [7, 11) is 1.83. The van der Waals surface area contributed by atoms with E-state index in [0.717, 1.165) is 17.8 Å². The molecule has 1 heterocycles. The van der Waals surface area contributed by atoms with Crippen molar-refractivity contribution in [3.63, 3.8) is 0 Å². The molecule has 25 heavy (non-hydrogen) atoms. The van der Waals surface area contributed by atoms with Crippen molar-refractivity contribution in [3.8, 4) is 0 Å². The lowest BCUT2D eigenvalue weighted by atomic mass is 10.3. The second kappa shape index (κ2) is 7.04. The Bertz CT molecular complexity index is 885. The van der Waals surface area contributed by atoms with Crippen LogP contribution >= 0.6 is 0 Å². The van der Waals surface area contributed by atoms with Crippen molar-refractivity contribution in [1.82, 2.24) is 9.97 Å². The number of carbonyl (C=O) groups is 1. The van der Waals surface area contributed by atoms with Crippen LogP contribution in [0.1, 0.15) is 10.5 Å². The highest BCUT2D eigenvalue weighted by Gasteiger charge is 2.12. The van der Waals surface area contributed by atoms with Crippen LogP contribution in [-0.4, -0.2) is 22.9 Å². The summed E-state index contributed by atoms with van der Waals surface area (Å²) in [5.41, 5.74) is 1.13. The Balaban J connectivity index is 1.73. The minimum absolute atomic E-state index is 0.0648. The lowest BCUT2D eigenvalue weighted by Gasteiger charge is -2.17. The maximum atomic E-state index is 13.2. The third kappa shape index (κ3) is 3.77. The zero-order chi connectivity index (χ0) is 17.8. The Morgan fingerprint density at radius 3 is 2.40 bits per heavy atom. The first kappa shape index (κ1) is 16.5. The van der Waals surface area contributed by atoms with Gasteiger partial charge < -0.3 is 10.2 Å². The molecule has 2 aromatic carbocycles. The molecule has 1 aromatic heterocycles. The van der Waals surface area contributed by atoms with E-state index in [-0.39, 0.29) is 11.4 Å². The van der Waals surface area contributed by atoms with Crippen molar-refractivity contribution in [1.29, 1.82) is 0 Å². The molecule has 3 rings (SSSR count). The Kier molecular flexibility index (Phi) is 4.65. The summed E-state index contributed by atoms with van der Waals surface area (Å²) >= 11 is 0. The highest BCUT2D eigenvalue weighted by molar-refractivity contribution is 6.02. The molecule has 0 bridgehead atoms. The number of hydrogen-bond donors (Lipinski definition) is 1. The summed E-state index contributed by atoms with van der Waals surface area (Å²) in [5, 5.41) is 2.44. The summed E-state index contributed by atoms with van der Waals surface area (Å²) in [5.74, 6) is -2.02. The van der Waals surface area contributed by atoms with Gasteiger partial charge in [-0.2, -0.15) is 0 Å². The van der Waals surface area contributed by atoms with Gasteiger partial charge in [0.25, 0.3) is 5.91 Å². The molecule has 0 saturated heterocycles. The van der Waals surface area contributed by atoms with E-state index in [2.05, 4.69) is 15.3 Å². The maximum Gasteiger partial charge on any atom is 0.275 e. The number of anilines is 3. The molecule has 7 heteroatoms. The number of nitrogens with zero attached hydrogens (tertiary/aromatic N) is 3. The van der Waals surface area contributed by atoms with Gasteiger partial charge in [0.05, 0.1) is 12.4 Å². The van der Waals surface area contributed by atoms with Crippen LogP contribution < -0.4 is 10.2 Å². The van der Waals surface area contributed by atoms with Crippen LogP contribution in [0.3, 0.4) is 0 Å². The highest BCUT2D eigenvalue weighted by atomic mass is 19.2. The van der Waals surface area contributed by atoms with Gasteiger partial charge in [-0.25, -0.2) is 18.7 Å². The average molecular weight is 340 g/mol. The molecule has 0 aliphatic heterocycles. The monoisotopic (exact) mass is 340 g/mol. The molecule has 0 radical (unpaired) electrons. The maximum absolute atomic E-state index is 13.2. The van der Waals surface area contributed by atoms with Crippen molar-refractivity contribution in [2.24, 2.45) is 0 Å². The number of amides is 1. The zero-order valence-electron chi connectivity index (χ0n) is 13.3. The molecule has 0 spiro atoms. The second-order valence-corrected chi connectivity index (χ2v) is 5.24. The number of nitrogens with one attached hydrogen (secondary N) is 1. The van der Waals surface area contributed by atoms with Gasteiger partial charge in [0, 0.05) is 24.5 Å². The van der Waals surface area contributed by atoms with E-state index in [1.165, 1.54) is 18.5 Å². The molecule has 0 atom stereocenters. The zero-order valence-corrected chi connectivity index (χ0v) is 13.3. The van der Waals surface area contributed by atoms with E-state index in [1.54, 1.807) is 0 Å². The topological polar surface area (TPSA) is 58.1 Å². The molecule has 126 valence electrons. The van der Waals surface area contributed by atoms with E-state index in [9.17, 15) is 13.6 Å². The standard InChI is InChI=1S/C18H14F2N4O/c1-24(13-5-3-2-4-6-13)17-11-21-16(10-22-17)18(25)23-12-7-8-14(19)15(20)9-12/h2-11H,1H3,(H,23,25). The van der Waals surface area contributed by atoms with Crippen LogP contribution in [0.25, 0.3) is 0 Å². The average Bonchev–Trinajstić information content (AvgIpc) is 2.65. The summed E-state index contributed by atoms with van der Waals surface area (Å²) < 4.78 is 26.1. The number of rotatable bonds is 4. The predicted molar refractivity (Wildman–Crippen MR) is 90.8 cm³/mol. The minimum atomic E-state index is -1.04. The van der Waals surface area contributed by atoms with Crippen LogP contribution in [0.5, 0.6) is 0 Å². The minimum Gasteiger partial charge on any atom is -0.328 e. The second-order valence-electron chi connectivity index (χ2n) is 5.24. The van der Waals surface area contributed by atoms with Crippen molar-refractivity contribution in [2.75, 3.05) is 17.3 Å². The number of hydrogen-bond acceptors (Lipinski definition) is 4. The van der Waals surface area contributed by atoms with E-state index < -0.39 is 17.5 Å². The Hall–Kier alpha value is -3.35. The van der Waals surface area contributed by atoms with Gasteiger partial charge in [-0.3, -0.25) is 4.79 Å². The first-order valence-electron chi connectivity index (χ1n) is 7.42. The largest absolute Gasteiger partial charge is 0.328 e. The van der Waals surface area contributed by atoms with Crippen LogP contribution in [-0.2, 0) is 0 Å². The molecule has 0 saturated carbocycles.